The molecule has 1 N–H and O–H groups in total. The Labute approximate surface area is 189 Å². The normalized spacial score (nSPS) is 11.5. The molecule has 0 atom stereocenters. The van der Waals surface area contributed by atoms with E-state index in [0.29, 0.717) is 16.3 Å². The molecule has 0 aliphatic heterocycles. The van der Waals surface area contributed by atoms with Gasteiger partial charge in [-0.2, -0.15) is 4.31 Å². The molecule has 0 fully saturated rings. The molecule has 1 amide bonds. The molecule has 0 heterocycles. The van der Waals surface area contributed by atoms with Gasteiger partial charge in [-0.1, -0.05) is 69.5 Å². The van der Waals surface area contributed by atoms with E-state index < -0.39 is 15.9 Å². The molecule has 0 unspecified atom stereocenters. The Morgan fingerprint density at radius 3 is 2.40 bits per heavy atom. The number of sulfonamides is 1. The standard InChI is InChI=1S/C22H20BrClN2O3S/c1-16-9-11-20(12-10-16)30(28,29)26(14-17-5-2-3-8-21(17)24)15-22(27)25-19-7-4-6-18(23)13-19/h2-13H,14-15H2,1H3,(H,25,27). The highest BCUT2D eigenvalue weighted by Crippen LogP contribution is 2.23. The lowest BCUT2D eigenvalue weighted by molar-refractivity contribution is -0.116. The molecule has 30 heavy (non-hydrogen) atoms. The molecule has 0 saturated carbocycles. The molecule has 5 nitrogen and oxygen atoms in total. The monoisotopic (exact) mass is 506 g/mol. The van der Waals surface area contributed by atoms with Crippen LogP contribution in [-0.4, -0.2) is 25.2 Å². The van der Waals surface area contributed by atoms with Gasteiger partial charge in [-0.25, -0.2) is 8.42 Å². The van der Waals surface area contributed by atoms with Crippen molar-refractivity contribution in [1.82, 2.24) is 4.31 Å². The van der Waals surface area contributed by atoms with Gasteiger partial charge in [0.1, 0.15) is 0 Å². The maximum absolute atomic E-state index is 13.3. The minimum absolute atomic E-state index is 0.0260. The number of nitrogens with zero attached hydrogens (tertiary/aromatic N) is 1. The smallest absolute Gasteiger partial charge is 0.243 e. The van der Waals surface area contributed by atoms with Crippen molar-refractivity contribution in [3.05, 3.63) is 93.4 Å². The van der Waals surface area contributed by atoms with E-state index in [0.717, 1.165) is 14.3 Å². The molecule has 0 aromatic heterocycles. The third-order valence-corrected chi connectivity index (χ3v) is 7.06. The number of aryl methyl sites for hydroxylation is 1. The lowest BCUT2D eigenvalue weighted by Gasteiger charge is -2.22. The van der Waals surface area contributed by atoms with Gasteiger partial charge in [-0.05, 0) is 48.9 Å². The van der Waals surface area contributed by atoms with Gasteiger partial charge in [0.05, 0.1) is 11.4 Å². The Bertz CT molecular complexity index is 1150. The van der Waals surface area contributed by atoms with Crippen molar-refractivity contribution in [2.75, 3.05) is 11.9 Å². The topological polar surface area (TPSA) is 66.5 Å². The first kappa shape index (κ1) is 22.5. The van der Waals surface area contributed by atoms with Crippen LogP contribution in [0.1, 0.15) is 11.1 Å². The molecule has 0 radical (unpaired) electrons. The zero-order chi connectivity index (χ0) is 21.7. The third-order valence-electron chi connectivity index (χ3n) is 4.39. The average Bonchev–Trinajstić information content (AvgIpc) is 2.69. The summed E-state index contributed by atoms with van der Waals surface area (Å²) in [6, 6.07) is 20.6. The SMILES string of the molecule is Cc1ccc(S(=O)(=O)N(CC(=O)Nc2cccc(Br)c2)Cc2ccccc2Cl)cc1. The van der Waals surface area contributed by atoms with Crippen molar-refractivity contribution in [2.24, 2.45) is 0 Å². The van der Waals surface area contributed by atoms with E-state index in [1.54, 1.807) is 54.6 Å². The van der Waals surface area contributed by atoms with Gasteiger partial charge in [0.15, 0.2) is 0 Å². The fourth-order valence-electron chi connectivity index (χ4n) is 2.83. The first-order valence-corrected chi connectivity index (χ1v) is 11.7. The summed E-state index contributed by atoms with van der Waals surface area (Å²) in [5.74, 6) is -0.448. The van der Waals surface area contributed by atoms with Crippen LogP contribution >= 0.6 is 27.5 Å². The van der Waals surface area contributed by atoms with E-state index in [9.17, 15) is 13.2 Å². The molecule has 0 aliphatic rings. The summed E-state index contributed by atoms with van der Waals surface area (Å²) >= 11 is 9.59. The lowest BCUT2D eigenvalue weighted by atomic mass is 10.2. The third kappa shape index (κ3) is 5.70. The second-order valence-electron chi connectivity index (χ2n) is 6.74. The fraction of sp³-hybridized carbons (Fsp3) is 0.136. The van der Waals surface area contributed by atoms with Gasteiger partial charge in [0.25, 0.3) is 0 Å². The van der Waals surface area contributed by atoms with E-state index in [1.165, 1.54) is 12.1 Å². The Balaban J connectivity index is 1.89. The van der Waals surface area contributed by atoms with E-state index in [1.807, 2.05) is 13.0 Å². The molecular weight excluding hydrogens is 488 g/mol. The number of hydrogen-bond acceptors (Lipinski definition) is 3. The summed E-state index contributed by atoms with van der Waals surface area (Å²) in [7, 11) is -3.92. The van der Waals surface area contributed by atoms with Gasteiger partial charge >= 0.3 is 0 Å². The number of hydrogen-bond donors (Lipinski definition) is 1. The molecule has 3 rings (SSSR count). The van der Waals surface area contributed by atoms with Gasteiger partial charge in [0, 0.05) is 21.7 Å². The number of carbonyl (C=O) groups excluding carboxylic acids is 1. The molecule has 0 bridgehead atoms. The summed E-state index contributed by atoms with van der Waals surface area (Å²) in [5.41, 5.74) is 2.13. The molecule has 0 spiro atoms. The number of amides is 1. The molecule has 3 aromatic rings. The van der Waals surface area contributed by atoms with Crippen LogP contribution in [0.2, 0.25) is 5.02 Å². The van der Waals surface area contributed by atoms with Gasteiger partial charge in [-0.15, -0.1) is 0 Å². The number of rotatable bonds is 7. The van der Waals surface area contributed by atoms with Gasteiger partial charge in [0.2, 0.25) is 15.9 Å². The summed E-state index contributed by atoms with van der Waals surface area (Å²) in [4.78, 5) is 12.8. The Kier molecular flexibility index (Phi) is 7.31. The van der Waals surface area contributed by atoms with Gasteiger partial charge < -0.3 is 5.32 Å². The van der Waals surface area contributed by atoms with Crippen LogP contribution in [0, 0.1) is 6.92 Å². The number of nitrogens with one attached hydrogen (secondary N) is 1. The van der Waals surface area contributed by atoms with Crippen molar-refractivity contribution in [2.45, 2.75) is 18.4 Å². The maximum atomic E-state index is 13.3. The predicted octanol–water partition coefficient (Wildman–Crippen LogP) is 5.24. The van der Waals surface area contributed by atoms with Crippen molar-refractivity contribution in [3.63, 3.8) is 0 Å². The van der Waals surface area contributed by atoms with Crippen LogP contribution in [0.4, 0.5) is 5.69 Å². The van der Waals surface area contributed by atoms with Crippen LogP contribution in [0.15, 0.2) is 82.2 Å². The Hall–Kier alpha value is -2.19. The van der Waals surface area contributed by atoms with Crippen LogP contribution in [0.25, 0.3) is 0 Å². The zero-order valence-electron chi connectivity index (χ0n) is 16.2. The maximum Gasteiger partial charge on any atom is 0.243 e. The number of anilines is 1. The van der Waals surface area contributed by atoms with Crippen molar-refractivity contribution in [1.29, 1.82) is 0 Å². The number of benzene rings is 3. The summed E-state index contributed by atoms with van der Waals surface area (Å²) < 4.78 is 28.5. The average molecular weight is 508 g/mol. The van der Waals surface area contributed by atoms with Crippen LogP contribution < -0.4 is 5.32 Å². The van der Waals surface area contributed by atoms with Crippen LogP contribution in [-0.2, 0) is 21.4 Å². The number of halogens is 2. The quantitative estimate of drug-likeness (QED) is 0.475. The molecule has 0 saturated heterocycles. The van der Waals surface area contributed by atoms with Gasteiger partial charge in [-0.3, -0.25) is 4.79 Å². The summed E-state index contributed by atoms with van der Waals surface area (Å²) in [6.45, 7) is 1.50. The summed E-state index contributed by atoms with van der Waals surface area (Å²) in [5, 5.41) is 3.18. The molecule has 3 aromatic carbocycles. The van der Waals surface area contributed by atoms with Crippen molar-refractivity contribution in [3.8, 4) is 0 Å². The highest BCUT2D eigenvalue weighted by atomic mass is 79.9. The molecular formula is C22H20BrClN2O3S. The van der Waals surface area contributed by atoms with E-state index in [4.69, 9.17) is 11.6 Å². The number of carbonyl (C=O) groups is 1. The molecule has 8 heteroatoms. The van der Waals surface area contributed by atoms with Crippen molar-refractivity contribution >= 4 is 49.1 Å². The summed E-state index contributed by atoms with van der Waals surface area (Å²) in [6.07, 6.45) is 0. The predicted molar refractivity (Wildman–Crippen MR) is 123 cm³/mol. The minimum atomic E-state index is -3.92. The second-order valence-corrected chi connectivity index (χ2v) is 10.00. The van der Waals surface area contributed by atoms with E-state index in [2.05, 4.69) is 21.2 Å². The Morgan fingerprint density at radius 2 is 1.73 bits per heavy atom. The second kappa shape index (κ2) is 9.75. The molecule has 156 valence electrons. The first-order chi connectivity index (χ1) is 14.3. The highest BCUT2D eigenvalue weighted by molar-refractivity contribution is 9.10. The van der Waals surface area contributed by atoms with E-state index >= 15 is 0 Å². The van der Waals surface area contributed by atoms with Crippen LogP contribution in [0.5, 0.6) is 0 Å². The highest BCUT2D eigenvalue weighted by Gasteiger charge is 2.27. The van der Waals surface area contributed by atoms with Crippen molar-refractivity contribution < 1.29 is 13.2 Å². The Morgan fingerprint density at radius 1 is 1.03 bits per heavy atom. The largest absolute Gasteiger partial charge is 0.325 e. The minimum Gasteiger partial charge on any atom is -0.325 e. The first-order valence-electron chi connectivity index (χ1n) is 9.11. The lowest BCUT2D eigenvalue weighted by Crippen LogP contribution is -2.37. The van der Waals surface area contributed by atoms with E-state index in [-0.39, 0.29) is 18.0 Å². The van der Waals surface area contributed by atoms with Crippen LogP contribution in [0.3, 0.4) is 0 Å². The molecule has 0 aliphatic carbocycles. The fourth-order valence-corrected chi connectivity index (χ4v) is 4.80. The zero-order valence-corrected chi connectivity index (χ0v) is 19.3.